The molecule has 2 saturated heterocycles. The van der Waals surface area contributed by atoms with Crippen LogP contribution < -0.4 is 10.6 Å². The SMILES string of the molecule is O=C(Nc1ccc2ncncc2c1)[C@H]1[C@H]2CC(F)(F)CN2[C@]2(C(=O)Nc3c(Cl)cc(Cl)cc32)[C@H]1C(=O)O. The number of halogens is 4. The van der Waals surface area contributed by atoms with Crippen LogP contribution in [0.1, 0.15) is 12.0 Å². The van der Waals surface area contributed by atoms with Crippen molar-refractivity contribution in [3.05, 3.63) is 58.5 Å². The maximum Gasteiger partial charge on any atom is 0.310 e. The predicted molar refractivity (Wildman–Crippen MR) is 130 cm³/mol. The fraction of sp³-hybridized carbons (Fsp3) is 0.292. The topological polar surface area (TPSA) is 125 Å². The van der Waals surface area contributed by atoms with Crippen molar-refractivity contribution in [3.8, 4) is 0 Å². The normalized spacial score (nSPS) is 27.8. The summed E-state index contributed by atoms with van der Waals surface area (Å²) in [4.78, 5) is 49.2. The van der Waals surface area contributed by atoms with Gasteiger partial charge in [0.15, 0.2) is 0 Å². The molecule has 9 nitrogen and oxygen atoms in total. The molecule has 0 radical (unpaired) electrons. The van der Waals surface area contributed by atoms with Gasteiger partial charge in [0.2, 0.25) is 5.91 Å². The molecule has 37 heavy (non-hydrogen) atoms. The van der Waals surface area contributed by atoms with Crippen molar-refractivity contribution in [1.29, 1.82) is 0 Å². The molecule has 4 heterocycles. The molecule has 3 aromatic rings. The number of rotatable bonds is 3. The first-order valence-corrected chi connectivity index (χ1v) is 12.0. The number of nitrogens with zero attached hydrogens (tertiary/aromatic N) is 3. The molecule has 0 aliphatic carbocycles. The summed E-state index contributed by atoms with van der Waals surface area (Å²) in [5.74, 6) is -9.59. The molecular weight excluding hydrogens is 531 g/mol. The average molecular weight is 548 g/mol. The van der Waals surface area contributed by atoms with Crippen molar-refractivity contribution in [2.45, 2.75) is 23.9 Å². The highest BCUT2D eigenvalue weighted by Gasteiger charge is 2.74. The minimum absolute atomic E-state index is 0.0330. The van der Waals surface area contributed by atoms with Gasteiger partial charge in [-0.05, 0) is 30.3 Å². The first-order chi connectivity index (χ1) is 17.5. The van der Waals surface area contributed by atoms with Gasteiger partial charge in [0.25, 0.3) is 11.8 Å². The van der Waals surface area contributed by atoms with Crippen LogP contribution in [0.4, 0.5) is 20.2 Å². The number of anilines is 2. The van der Waals surface area contributed by atoms with Crippen molar-refractivity contribution in [2.24, 2.45) is 11.8 Å². The summed E-state index contributed by atoms with van der Waals surface area (Å²) in [6, 6.07) is 6.24. The zero-order valence-electron chi connectivity index (χ0n) is 18.7. The monoisotopic (exact) mass is 547 g/mol. The highest BCUT2D eigenvalue weighted by Crippen LogP contribution is 2.61. The molecule has 4 atom stereocenters. The highest BCUT2D eigenvalue weighted by atomic mass is 35.5. The van der Waals surface area contributed by atoms with Crippen LogP contribution >= 0.6 is 23.2 Å². The summed E-state index contributed by atoms with van der Waals surface area (Å²) in [6.45, 7) is -0.907. The van der Waals surface area contributed by atoms with Crippen LogP contribution in [0, 0.1) is 11.8 Å². The number of fused-ring (bicyclic) bond motifs is 5. The molecule has 2 fully saturated rings. The summed E-state index contributed by atoms with van der Waals surface area (Å²) >= 11 is 12.5. The Kier molecular flexibility index (Phi) is 5.21. The van der Waals surface area contributed by atoms with Gasteiger partial charge in [-0.2, -0.15) is 0 Å². The Morgan fingerprint density at radius 1 is 1.22 bits per heavy atom. The lowest BCUT2D eigenvalue weighted by Crippen LogP contribution is -2.54. The van der Waals surface area contributed by atoms with Crippen LogP contribution in [0.15, 0.2) is 42.9 Å². The number of carboxylic acids is 1. The molecule has 13 heteroatoms. The minimum Gasteiger partial charge on any atom is -0.481 e. The summed E-state index contributed by atoms with van der Waals surface area (Å²) in [6.07, 6.45) is 2.11. The van der Waals surface area contributed by atoms with Gasteiger partial charge in [-0.1, -0.05) is 23.2 Å². The van der Waals surface area contributed by atoms with E-state index in [2.05, 4.69) is 20.6 Å². The zero-order chi connectivity index (χ0) is 26.3. The second-order valence-electron chi connectivity index (χ2n) is 9.41. The molecule has 0 saturated carbocycles. The number of benzene rings is 2. The maximum absolute atomic E-state index is 14.8. The van der Waals surface area contributed by atoms with Crippen LogP contribution in [0.25, 0.3) is 10.9 Å². The van der Waals surface area contributed by atoms with Gasteiger partial charge in [0.05, 0.1) is 28.7 Å². The molecule has 1 spiro atoms. The van der Waals surface area contributed by atoms with E-state index in [1.165, 1.54) is 24.7 Å². The van der Waals surface area contributed by atoms with E-state index in [4.69, 9.17) is 23.2 Å². The third kappa shape index (κ3) is 3.41. The quantitative estimate of drug-likeness (QED) is 0.455. The molecule has 190 valence electrons. The fourth-order valence-electron chi connectivity index (χ4n) is 6.09. The molecule has 1 aromatic heterocycles. The number of nitrogens with one attached hydrogen (secondary N) is 2. The Morgan fingerprint density at radius 2 is 2.00 bits per heavy atom. The molecule has 2 aromatic carbocycles. The number of aliphatic carboxylic acids is 1. The first-order valence-electron chi connectivity index (χ1n) is 11.2. The number of amides is 2. The Balaban J connectivity index is 1.49. The van der Waals surface area contributed by atoms with E-state index < -0.39 is 60.1 Å². The predicted octanol–water partition coefficient (Wildman–Crippen LogP) is 3.76. The van der Waals surface area contributed by atoms with E-state index in [9.17, 15) is 28.3 Å². The van der Waals surface area contributed by atoms with Crippen molar-refractivity contribution in [2.75, 3.05) is 17.2 Å². The third-order valence-corrected chi connectivity index (χ3v) is 7.89. The summed E-state index contributed by atoms with van der Waals surface area (Å²) in [5.41, 5.74) is -1.04. The number of carbonyl (C=O) groups is 3. The van der Waals surface area contributed by atoms with Gasteiger partial charge in [0.1, 0.15) is 17.8 Å². The fourth-order valence-corrected chi connectivity index (χ4v) is 6.63. The Hall–Kier alpha value is -3.41. The van der Waals surface area contributed by atoms with E-state index in [1.54, 1.807) is 18.2 Å². The molecule has 3 aliphatic heterocycles. The van der Waals surface area contributed by atoms with E-state index >= 15 is 0 Å². The summed E-state index contributed by atoms with van der Waals surface area (Å²) < 4.78 is 29.6. The summed E-state index contributed by atoms with van der Waals surface area (Å²) in [7, 11) is 0. The lowest BCUT2D eigenvalue weighted by atomic mass is 9.73. The van der Waals surface area contributed by atoms with Crippen LogP contribution in [0.2, 0.25) is 10.0 Å². The standard InChI is InChI=1S/C24H17Cl2F2N5O4/c25-11-4-13-19(14(26)5-11)32-22(37)24(13)18(21(35)36)17(16-6-23(27,28)8-33(16)24)20(34)31-12-1-2-15-10(3-12)7-29-9-30-15/h1-5,7,9,16-18H,6,8H2,(H,31,34)(H,32,37)(H,35,36)/t16-,17+,18-,24+/m1/s1. The minimum atomic E-state index is -3.26. The van der Waals surface area contributed by atoms with E-state index in [0.29, 0.717) is 16.6 Å². The lowest BCUT2D eigenvalue weighted by molar-refractivity contribution is -0.153. The van der Waals surface area contributed by atoms with Crippen LogP contribution in [0.3, 0.4) is 0 Å². The van der Waals surface area contributed by atoms with Crippen molar-refractivity contribution in [1.82, 2.24) is 14.9 Å². The second-order valence-corrected chi connectivity index (χ2v) is 10.3. The zero-order valence-corrected chi connectivity index (χ0v) is 20.2. The molecular formula is C24H17Cl2F2N5O4. The number of hydrogen-bond acceptors (Lipinski definition) is 6. The Bertz CT molecular complexity index is 1520. The average Bonchev–Trinajstić information content (AvgIpc) is 3.40. The molecule has 3 N–H and O–H groups in total. The molecule has 3 aliphatic rings. The largest absolute Gasteiger partial charge is 0.481 e. The van der Waals surface area contributed by atoms with Gasteiger partial charge in [-0.3, -0.25) is 19.3 Å². The van der Waals surface area contributed by atoms with Gasteiger partial charge in [-0.25, -0.2) is 18.7 Å². The van der Waals surface area contributed by atoms with Gasteiger partial charge in [0, 0.05) is 40.3 Å². The molecule has 6 rings (SSSR count). The number of carbonyl (C=O) groups excluding carboxylic acids is 2. The van der Waals surface area contributed by atoms with E-state index in [0.717, 1.165) is 4.90 Å². The molecule has 2 amide bonds. The van der Waals surface area contributed by atoms with Crippen molar-refractivity contribution < 1.29 is 28.3 Å². The van der Waals surface area contributed by atoms with Crippen molar-refractivity contribution >= 4 is 63.3 Å². The van der Waals surface area contributed by atoms with Gasteiger partial charge < -0.3 is 15.7 Å². The van der Waals surface area contributed by atoms with Gasteiger partial charge >= 0.3 is 5.97 Å². The Labute approximate surface area is 217 Å². The number of hydrogen-bond donors (Lipinski definition) is 3. The number of carboxylic acid groups (broad SMARTS) is 1. The van der Waals surface area contributed by atoms with E-state index in [-0.39, 0.29) is 21.3 Å². The van der Waals surface area contributed by atoms with Crippen LogP contribution in [-0.4, -0.2) is 56.3 Å². The smallest absolute Gasteiger partial charge is 0.310 e. The second kappa shape index (κ2) is 8.04. The first kappa shape index (κ1) is 24.0. The van der Waals surface area contributed by atoms with Crippen molar-refractivity contribution in [3.63, 3.8) is 0 Å². The Morgan fingerprint density at radius 3 is 2.76 bits per heavy atom. The lowest BCUT2D eigenvalue weighted by Gasteiger charge is -2.35. The molecule has 0 unspecified atom stereocenters. The maximum atomic E-state index is 14.8. The molecule has 0 bridgehead atoms. The third-order valence-electron chi connectivity index (χ3n) is 7.38. The highest BCUT2D eigenvalue weighted by molar-refractivity contribution is 6.38. The van der Waals surface area contributed by atoms with E-state index in [1.807, 2.05) is 0 Å². The van der Waals surface area contributed by atoms with Crippen LogP contribution in [-0.2, 0) is 19.9 Å². The van der Waals surface area contributed by atoms with Gasteiger partial charge in [-0.15, -0.1) is 0 Å². The number of aromatic nitrogens is 2. The van der Waals surface area contributed by atoms with Crippen LogP contribution in [0.5, 0.6) is 0 Å². The number of alkyl halides is 2. The summed E-state index contributed by atoms with van der Waals surface area (Å²) in [5, 5.41) is 16.3.